The van der Waals surface area contributed by atoms with E-state index in [2.05, 4.69) is 0 Å². The number of ether oxygens (including phenoxy) is 1. The van der Waals surface area contributed by atoms with Crippen LogP contribution < -0.4 is 0 Å². The second-order valence-corrected chi connectivity index (χ2v) is 5.11. The van der Waals surface area contributed by atoms with Crippen molar-refractivity contribution < 1.29 is 19.4 Å². The van der Waals surface area contributed by atoms with Crippen LogP contribution in [0.15, 0.2) is 11.1 Å². The molecule has 3 rings (SSSR count). The van der Waals surface area contributed by atoms with Crippen molar-refractivity contribution in [1.82, 2.24) is 4.90 Å². The largest absolute Gasteiger partial charge is 0.477 e. The lowest BCUT2D eigenvalue weighted by molar-refractivity contribution is -0.157. The summed E-state index contributed by atoms with van der Waals surface area (Å²) in [5.41, 5.74) is 0.106. The minimum absolute atomic E-state index is 0.0113. The molecule has 6 heteroatoms. The fourth-order valence-corrected chi connectivity index (χ4v) is 3.74. The molecule has 86 valence electrons. The van der Waals surface area contributed by atoms with Crippen LogP contribution in [0.4, 0.5) is 0 Å². The van der Waals surface area contributed by atoms with E-state index in [1.165, 1.54) is 16.7 Å². The van der Waals surface area contributed by atoms with E-state index in [4.69, 9.17) is 9.84 Å². The number of fused-ring (bicyclic) bond motifs is 1. The molecule has 5 nitrogen and oxygen atoms in total. The van der Waals surface area contributed by atoms with E-state index in [1.54, 1.807) is 5.41 Å². The van der Waals surface area contributed by atoms with Crippen molar-refractivity contribution in [1.29, 1.82) is 0 Å². The second-order valence-electron chi connectivity index (χ2n) is 4.12. The van der Waals surface area contributed by atoms with Gasteiger partial charge in [-0.3, -0.25) is 9.69 Å². The van der Waals surface area contributed by atoms with Gasteiger partial charge in [-0.1, -0.05) is 0 Å². The third-order valence-corrected chi connectivity index (χ3v) is 4.39. The normalized spacial score (nSPS) is 37.0. The Balaban J connectivity index is 1.76. The van der Waals surface area contributed by atoms with Crippen molar-refractivity contribution in [2.45, 2.75) is 24.3 Å². The first-order valence-electron chi connectivity index (χ1n) is 5.24. The predicted octanol–water partition coefficient (Wildman–Crippen LogP) is 0.623. The molecule has 16 heavy (non-hydrogen) atoms. The second kappa shape index (κ2) is 3.49. The molecule has 3 aliphatic rings. The lowest BCUT2D eigenvalue weighted by atomic mass is 9.90. The Morgan fingerprint density at radius 1 is 1.62 bits per heavy atom. The number of carboxylic acid groups (broad SMARTS) is 1. The molecule has 0 aromatic carbocycles. The Bertz CT molecular complexity index is 388. The third kappa shape index (κ3) is 1.23. The molecule has 2 unspecified atom stereocenters. The molecule has 3 atom stereocenters. The molecule has 0 aliphatic carbocycles. The Hall–Kier alpha value is -1.01. The minimum atomic E-state index is -1.03. The van der Waals surface area contributed by atoms with E-state index in [0.717, 1.165) is 12.8 Å². The summed E-state index contributed by atoms with van der Waals surface area (Å²) in [6.45, 7) is 0.713. The Morgan fingerprint density at radius 2 is 2.44 bits per heavy atom. The fourth-order valence-electron chi connectivity index (χ4n) is 2.46. The summed E-state index contributed by atoms with van der Waals surface area (Å²) in [6.07, 6.45) is 1.89. The molecule has 0 spiro atoms. The van der Waals surface area contributed by atoms with Gasteiger partial charge in [0.25, 0.3) is 0 Å². The highest BCUT2D eigenvalue weighted by Crippen LogP contribution is 2.48. The zero-order chi connectivity index (χ0) is 11.3. The standard InChI is InChI=1S/C10H11NO4S/c12-8-7(6-2-1-3-15-6)9-11(8)5(4-16-9)10(13)14/h4,6-7,9H,1-3H2,(H,13,14)/t6?,7?,9-/m0/s1. The number of rotatable bonds is 2. The van der Waals surface area contributed by atoms with Crippen LogP contribution in [0.5, 0.6) is 0 Å². The zero-order valence-electron chi connectivity index (χ0n) is 8.46. The van der Waals surface area contributed by atoms with Gasteiger partial charge in [0.1, 0.15) is 11.1 Å². The van der Waals surface area contributed by atoms with Gasteiger partial charge in [0.2, 0.25) is 5.91 Å². The lowest BCUT2D eigenvalue weighted by Crippen LogP contribution is -2.61. The van der Waals surface area contributed by atoms with E-state index in [9.17, 15) is 9.59 Å². The van der Waals surface area contributed by atoms with Gasteiger partial charge in [-0.25, -0.2) is 4.79 Å². The summed E-state index contributed by atoms with van der Waals surface area (Å²) in [4.78, 5) is 24.1. The topological polar surface area (TPSA) is 66.8 Å². The summed E-state index contributed by atoms with van der Waals surface area (Å²) >= 11 is 1.41. The quantitative estimate of drug-likeness (QED) is 0.718. The number of hydrogen-bond donors (Lipinski definition) is 1. The average molecular weight is 241 g/mol. The molecule has 0 aromatic heterocycles. The number of nitrogens with zero attached hydrogens (tertiary/aromatic N) is 1. The molecule has 3 heterocycles. The summed E-state index contributed by atoms with van der Waals surface area (Å²) in [5.74, 6) is -1.29. The molecule has 1 amide bonds. The first-order chi connectivity index (χ1) is 7.70. The van der Waals surface area contributed by atoms with Gasteiger partial charge in [0, 0.05) is 12.0 Å². The van der Waals surface area contributed by atoms with E-state index < -0.39 is 5.97 Å². The molecule has 3 aliphatic heterocycles. The molecular weight excluding hydrogens is 230 g/mol. The molecule has 2 saturated heterocycles. The van der Waals surface area contributed by atoms with Crippen molar-refractivity contribution in [2.24, 2.45) is 5.92 Å². The van der Waals surface area contributed by atoms with Crippen LogP contribution in [0.25, 0.3) is 0 Å². The lowest BCUT2D eigenvalue weighted by Gasteiger charge is -2.44. The number of hydrogen-bond acceptors (Lipinski definition) is 4. The van der Waals surface area contributed by atoms with E-state index in [-0.39, 0.29) is 29.0 Å². The molecular formula is C10H11NO4S. The highest BCUT2D eigenvalue weighted by molar-refractivity contribution is 8.03. The van der Waals surface area contributed by atoms with Gasteiger partial charge in [-0.15, -0.1) is 11.8 Å². The molecule has 2 fully saturated rings. The van der Waals surface area contributed by atoms with Gasteiger partial charge in [-0.2, -0.15) is 0 Å². The Morgan fingerprint density at radius 3 is 3.06 bits per heavy atom. The molecule has 1 N–H and O–H groups in total. The van der Waals surface area contributed by atoms with Crippen LogP contribution >= 0.6 is 11.8 Å². The molecule has 0 saturated carbocycles. The van der Waals surface area contributed by atoms with Gasteiger partial charge >= 0.3 is 5.97 Å². The number of aliphatic carboxylic acids is 1. The Kier molecular flexibility index (Phi) is 2.22. The maximum Gasteiger partial charge on any atom is 0.353 e. The van der Waals surface area contributed by atoms with E-state index in [0.29, 0.717) is 6.61 Å². The van der Waals surface area contributed by atoms with Crippen LogP contribution in [0, 0.1) is 5.92 Å². The summed E-state index contributed by atoms with van der Waals surface area (Å²) in [5, 5.41) is 10.4. The number of carbonyl (C=O) groups excluding carboxylic acids is 1. The maximum absolute atomic E-state index is 11.9. The summed E-state index contributed by atoms with van der Waals surface area (Å²) in [6, 6.07) is 0. The summed E-state index contributed by atoms with van der Waals surface area (Å²) < 4.78 is 5.50. The fraction of sp³-hybridized carbons (Fsp3) is 0.600. The maximum atomic E-state index is 11.9. The van der Waals surface area contributed by atoms with Gasteiger partial charge < -0.3 is 9.84 Å². The number of carbonyl (C=O) groups is 2. The van der Waals surface area contributed by atoms with E-state index >= 15 is 0 Å². The number of thioether (sulfide) groups is 1. The smallest absolute Gasteiger partial charge is 0.353 e. The van der Waals surface area contributed by atoms with Crippen molar-refractivity contribution in [3.05, 3.63) is 11.1 Å². The van der Waals surface area contributed by atoms with Crippen LogP contribution in [0.3, 0.4) is 0 Å². The van der Waals surface area contributed by atoms with Gasteiger partial charge in [0.05, 0.1) is 12.0 Å². The first-order valence-corrected chi connectivity index (χ1v) is 6.18. The number of amides is 1. The predicted molar refractivity (Wildman–Crippen MR) is 56.4 cm³/mol. The SMILES string of the molecule is O=C(O)C1=CS[C@H]2C(C3CCCO3)C(=O)N12. The average Bonchev–Trinajstić information content (AvgIpc) is 2.85. The van der Waals surface area contributed by atoms with Crippen molar-refractivity contribution in [3.63, 3.8) is 0 Å². The molecule has 0 bridgehead atoms. The number of carboxylic acids is 1. The van der Waals surface area contributed by atoms with Crippen LogP contribution in [-0.4, -0.2) is 40.0 Å². The van der Waals surface area contributed by atoms with Crippen LogP contribution in [0.1, 0.15) is 12.8 Å². The molecule has 0 aromatic rings. The minimum Gasteiger partial charge on any atom is -0.477 e. The van der Waals surface area contributed by atoms with E-state index in [1.807, 2.05) is 0 Å². The first kappa shape index (κ1) is 10.2. The van der Waals surface area contributed by atoms with Gasteiger partial charge in [-0.05, 0) is 12.8 Å². The van der Waals surface area contributed by atoms with Gasteiger partial charge in [0.15, 0.2) is 0 Å². The highest BCUT2D eigenvalue weighted by atomic mass is 32.2. The monoisotopic (exact) mass is 241 g/mol. The molecule has 0 radical (unpaired) electrons. The van der Waals surface area contributed by atoms with Crippen molar-refractivity contribution >= 4 is 23.6 Å². The highest BCUT2D eigenvalue weighted by Gasteiger charge is 2.57. The van der Waals surface area contributed by atoms with Crippen LogP contribution in [-0.2, 0) is 14.3 Å². The van der Waals surface area contributed by atoms with Crippen LogP contribution in [0.2, 0.25) is 0 Å². The third-order valence-electron chi connectivity index (χ3n) is 3.25. The Labute approximate surface area is 96.4 Å². The van der Waals surface area contributed by atoms with Crippen molar-refractivity contribution in [2.75, 3.05) is 6.61 Å². The zero-order valence-corrected chi connectivity index (χ0v) is 9.27. The summed E-state index contributed by atoms with van der Waals surface area (Å²) in [7, 11) is 0. The number of β-lactam (4-membered cyclic amide) rings is 1. The van der Waals surface area contributed by atoms with Crippen molar-refractivity contribution in [3.8, 4) is 0 Å².